The Morgan fingerprint density at radius 2 is 1.90 bits per heavy atom. The lowest BCUT2D eigenvalue weighted by Crippen LogP contribution is -2.30. The Bertz CT molecular complexity index is 882. The maximum atomic E-state index is 11.2. The molecule has 0 N–H and O–H groups in total. The van der Waals surface area contributed by atoms with E-state index in [0.29, 0.717) is 30.0 Å². The van der Waals surface area contributed by atoms with Crippen molar-refractivity contribution in [3.63, 3.8) is 0 Å². The van der Waals surface area contributed by atoms with Crippen molar-refractivity contribution in [1.82, 2.24) is 9.55 Å². The predicted molar refractivity (Wildman–Crippen MR) is 115 cm³/mol. The number of halogens is 1. The fourth-order valence-corrected chi connectivity index (χ4v) is 4.58. The Morgan fingerprint density at radius 1 is 1.21 bits per heavy atom. The van der Waals surface area contributed by atoms with Gasteiger partial charge in [-0.25, -0.2) is 0 Å². The van der Waals surface area contributed by atoms with E-state index in [1.807, 2.05) is 11.6 Å². The van der Waals surface area contributed by atoms with Crippen LogP contribution in [0.5, 0.6) is 6.01 Å². The molecular formula is C23H31ClN2O3. The Kier molecular flexibility index (Phi) is 6.16. The number of hydrogen-bond donors (Lipinski definition) is 0. The molecule has 1 atom stereocenters. The molecule has 2 aliphatic carbocycles. The largest absolute Gasteiger partial charge is 0.461 e. The van der Waals surface area contributed by atoms with Crippen LogP contribution in [0, 0.1) is 5.92 Å². The van der Waals surface area contributed by atoms with Crippen molar-refractivity contribution in [3.05, 3.63) is 22.7 Å². The van der Waals surface area contributed by atoms with Crippen LogP contribution in [0.15, 0.2) is 12.1 Å². The molecule has 0 bridgehead atoms. The Labute approximate surface area is 177 Å². The summed E-state index contributed by atoms with van der Waals surface area (Å²) in [5, 5.41) is 0.714. The average molecular weight is 419 g/mol. The van der Waals surface area contributed by atoms with Gasteiger partial charge in [0, 0.05) is 20.1 Å². The van der Waals surface area contributed by atoms with Crippen LogP contribution in [0.4, 0.5) is 0 Å². The number of carbonyl (C=O) groups is 1. The molecule has 1 aromatic heterocycles. The molecule has 158 valence electrons. The molecule has 5 nitrogen and oxygen atoms in total. The minimum absolute atomic E-state index is 0.154. The standard InChI is InChI=1S/C23H31ClN2O3/c1-14(10-15(2)27)13-28-18-6-8-19(9-7-18)29-23-25-22-20(24)11-17(16-4-5-16)12-21(22)26(23)3/h11-12,14,16,18-19H,4-10,13H2,1-3H3/t14-,18?,19?/m1/s1. The quantitative estimate of drug-likeness (QED) is 0.573. The predicted octanol–water partition coefficient (Wildman–Crippen LogP) is 5.43. The van der Waals surface area contributed by atoms with Gasteiger partial charge in [0.1, 0.15) is 17.4 Å². The van der Waals surface area contributed by atoms with E-state index in [1.54, 1.807) is 6.92 Å². The normalized spacial score (nSPS) is 23.3. The summed E-state index contributed by atoms with van der Waals surface area (Å²) in [5.41, 5.74) is 3.18. The number of nitrogens with zero attached hydrogens (tertiary/aromatic N) is 2. The molecule has 4 rings (SSSR count). The first-order chi connectivity index (χ1) is 13.9. The molecule has 0 aliphatic heterocycles. The molecule has 6 heteroatoms. The lowest BCUT2D eigenvalue weighted by Gasteiger charge is -2.29. The van der Waals surface area contributed by atoms with Crippen LogP contribution >= 0.6 is 11.6 Å². The highest BCUT2D eigenvalue weighted by Gasteiger charge is 2.27. The fourth-order valence-electron chi connectivity index (χ4n) is 4.32. The summed E-state index contributed by atoms with van der Waals surface area (Å²) in [4.78, 5) is 15.9. The Morgan fingerprint density at radius 3 is 2.55 bits per heavy atom. The van der Waals surface area contributed by atoms with Gasteiger partial charge in [-0.3, -0.25) is 4.57 Å². The van der Waals surface area contributed by atoms with Gasteiger partial charge in [0.15, 0.2) is 0 Å². The number of aromatic nitrogens is 2. The van der Waals surface area contributed by atoms with Crippen molar-refractivity contribution >= 4 is 28.4 Å². The van der Waals surface area contributed by atoms with E-state index in [2.05, 4.69) is 24.0 Å². The number of fused-ring (bicyclic) bond motifs is 1. The highest BCUT2D eigenvalue weighted by Crippen LogP contribution is 2.43. The molecule has 1 heterocycles. The summed E-state index contributed by atoms with van der Waals surface area (Å²) in [6.07, 6.45) is 7.38. The molecule has 2 saturated carbocycles. The van der Waals surface area contributed by atoms with E-state index < -0.39 is 0 Å². The first kappa shape index (κ1) is 20.7. The SMILES string of the molecule is CC(=O)C[C@@H](C)COC1CCC(Oc2nc3c(Cl)cc(C4CC4)cc3n2C)CC1. The first-order valence-electron chi connectivity index (χ1n) is 10.8. The van der Waals surface area contributed by atoms with Crippen LogP contribution in [-0.4, -0.2) is 34.1 Å². The summed E-state index contributed by atoms with van der Waals surface area (Å²) >= 11 is 6.50. The van der Waals surface area contributed by atoms with Crippen molar-refractivity contribution in [2.45, 2.75) is 76.9 Å². The number of rotatable bonds is 8. The minimum Gasteiger partial charge on any atom is -0.461 e. The van der Waals surface area contributed by atoms with Gasteiger partial charge in [-0.15, -0.1) is 0 Å². The summed E-state index contributed by atoms with van der Waals surface area (Å²) in [6.45, 7) is 4.37. The number of ether oxygens (including phenoxy) is 2. The number of aryl methyl sites for hydroxylation is 1. The molecule has 2 aromatic rings. The second-order valence-corrected chi connectivity index (χ2v) is 9.37. The maximum absolute atomic E-state index is 11.2. The minimum atomic E-state index is 0.154. The van der Waals surface area contributed by atoms with Crippen LogP contribution < -0.4 is 4.74 Å². The van der Waals surface area contributed by atoms with E-state index in [1.165, 1.54) is 18.4 Å². The van der Waals surface area contributed by atoms with Gasteiger partial charge in [-0.05, 0) is 75.0 Å². The third kappa shape index (κ3) is 4.95. The summed E-state index contributed by atoms with van der Waals surface area (Å²) in [7, 11) is 2.00. The number of ketones is 1. The molecule has 0 radical (unpaired) electrons. The second-order valence-electron chi connectivity index (χ2n) is 8.96. The first-order valence-corrected chi connectivity index (χ1v) is 11.2. The number of carbonyl (C=O) groups excluding carboxylic acids is 1. The van der Waals surface area contributed by atoms with Gasteiger partial charge in [-0.1, -0.05) is 18.5 Å². The van der Waals surface area contributed by atoms with E-state index >= 15 is 0 Å². The molecule has 0 spiro atoms. The third-order valence-electron chi connectivity index (χ3n) is 6.12. The number of imidazole rings is 1. The van der Waals surface area contributed by atoms with Crippen molar-refractivity contribution in [3.8, 4) is 6.01 Å². The molecule has 0 unspecified atom stereocenters. The zero-order chi connectivity index (χ0) is 20.5. The van der Waals surface area contributed by atoms with Gasteiger partial charge in [0.2, 0.25) is 0 Å². The van der Waals surface area contributed by atoms with Gasteiger partial charge >= 0.3 is 0 Å². The summed E-state index contributed by atoms with van der Waals surface area (Å²) < 4.78 is 14.3. The molecule has 2 aliphatic rings. The van der Waals surface area contributed by atoms with Crippen LogP contribution in [0.2, 0.25) is 5.02 Å². The van der Waals surface area contributed by atoms with Crippen LogP contribution in [0.25, 0.3) is 11.0 Å². The van der Waals surface area contributed by atoms with Crippen LogP contribution in [-0.2, 0) is 16.6 Å². The van der Waals surface area contributed by atoms with E-state index in [4.69, 9.17) is 21.1 Å². The second kappa shape index (κ2) is 8.65. The van der Waals surface area contributed by atoms with E-state index in [-0.39, 0.29) is 23.9 Å². The lowest BCUT2D eigenvalue weighted by atomic mass is 9.95. The van der Waals surface area contributed by atoms with Crippen molar-refractivity contribution in [2.24, 2.45) is 13.0 Å². The zero-order valence-electron chi connectivity index (χ0n) is 17.6. The Hall–Kier alpha value is -1.59. The van der Waals surface area contributed by atoms with Crippen molar-refractivity contribution in [1.29, 1.82) is 0 Å². The van der Waals surface area contributed by atoms with Crippen LogP contribution in [0.3, 0.4) is 0 Å². The fraction of sp³-hybridized carbons (Fsp3) is 0.652. The van der Waals surface area contributed by atoms with Crippen molar-refractivity contribution in [2.75, 3.05) is 6.61 Å². The number of hydrogen-bond acceptors (Lipinski definition) is 4. The molecular weight excluding hydrogens is 388 g/mol. The highest BCUT2D eigenvalue weighted by atomic mass is 35.5. The smallest absolute Gasteiger partial charge is 0.297 e. The maximum Gasteiger partial charge on any atom is 0.297 e. The van der Waals surface area contributed by atoms with E-state index in [0.717, 1.165) is 36.7 Å². The van der Waals surface area contributed by atoms with Gasteiger partial charge in [-0.2, -0.15) is 4.98 Å². The van der Waals surface area contributed by atoms with Crippen molar-refractivity contribution < 1.29 is 14.3 Å². The zero-order valence-corrected chi connectivity index (χ0v) is 18.4. The van der Waals surface area contributed by atoms with E-state index in [9.17, 15) is 4.79 Å². The summed E-state index contributed by atoms with van der Waals surface area (Å²) in [5.74, 6) is 1.17. The third-order valence-corrected chi connectivity index (χ3v) is 6.40. The van der Waals surface area contributed by atoms with Crippen LogP contribution in [0.1, 0.15) is 70.3 Å². The lowest BCUT2D eigenvalue weighted by molar-refractivity contribution is -0.118. The highest BCUT2D eigenvalue weighted by molar-refractivity contribution is 6.35. The number of benzene rings is 1. The molecule has 1 aromatic carbocycles. The summed E-state index contributed by atoms with van der Waals surface area (Å²) in [6, 6.07) is 4.92. The molecule has 2 fully saturated rings. The van der Waals surface area contributed by atoms with Gasteiger partial charge < -0.3 is 14.3 Å². The topological polar surface area (TPSA) is 53.4 Å². The average Bonchev–Trinajstić information content (AvgIpc) is 3.48. The van der Waals surface area contributed by atoms with Gasteiger partial charge in [0.05, 0.1) is 16.6 Å². The van der Waals surface area contributed by atoms with Gasteiger partial charge in [0.25, 0.3) is 6.01 Å². The monoisotopic (exact) mass is 418 g/mol. The Balaban J connectivity index is 1.33. The molecule has 0 amide bonds. The number of Topliss-reactive ketones (excluding diaryl/α,β-unsaturated/α-hetero) is 1. The molecule has 29 heavy (non-hydrogen) atoms. The molecule has 0 saturated heterocycles.